The average molecular weight is 283 g/mol. The van der Waals surface area contributed by atoms with Crippen LogP contribution in [0.3, 0.4) is 0 Å². The van der Waals surface area contributed by atoms with Gasteiger partial charge in [0, 0.05) is 24.7 Å². The minimum Gasteiger partial charge on any atom is -0.379 e. The minimum atomic E-state index is 0.353. The van der Waals surface area contributed by atoms with Crippen molar-refractivity contribution in [2.45, 2.75) is 84.0 Å². The Hall–Kier alpha value is -0.120. The van der Waals surface area contributed by atoms with Crippen LogP contribution in [0.25, 0.3) is 0 Å². The third kappa shape index (κ3) is 3.75. The van der Waals surface area contributed by atoms with Crippen LogP contribution in [0.4, 0.5) is 0 Å². The van der Waals surface area contributed by atoms with Gasteiger partial charge in [0.05, 0.1) is 12.2 Å². The number of ether oxygens (including phenoxy) is 2. The molecule has 20 heavy (non-hydrogen) atoms. The Morgan fingerprint density at radius 3 is 2.60 bits per heavy atom. The second-order valence-corrected chi connectivity index (χ2v) is 6.75. The van der Waals surface area contributed by atoms with E-state index in [1.54, 1.807) is 0 Å². The SMILES string of the molecule is CCOC1CC(NCCCOC(C)C)C12CCCCC2. The topological polar surface area (TPSA) is 30.5 Å². The summed E-state index contributed by atoms with van der Waals surface area (Å²) in [5.74, 6) is 0. The van der Waals surface area contributed by atoms with E-state index in [2.05, 4.69) is 26.1 Å². The van der Waals surface area contributed by atoms with Crippen molar-refractivity contribution in [3.8, 4) is 0 Å². The van der Waals surface area contributed by atoms with Gasteiger partial charge in [-0.1, -0.05) is 19.3 Å². The normalized spacial score (nSPS) is 28.8. The monoisotopic (exact) mass is 283 g/mol. The molecule has 2 aliphatic rings. The molecule has 2 aliphatic carbocycles. The summed E-state index contributed by atoms with van der Waals surface area (Å²) in [6.45, 7) is 9.14. The molecule has 118 valence electrons. The molecule has 2 rings (SSSR count). The molecule has 1 N–H and O–H groups in total. The summed E-state index contributed by atoms with van der Waals surface area (Å²) in [6.07, 6.45) is 10.1. The molecule has 0 aromatic rings. The zero-order valence-corrected chi connectivity index (χ0v) is 13.6. The highest BCUT2D eigenvalue weighted by molar-refractivity contribution is 5.08. The second-order valence-electron chi connectivity index (χ2n) is 6.75. The molecule has 0 aliphatic heterocycles. The van der Waals surface area contributed by atoms with Crippen molar-refractivity contribution in [3.63, 3.8) is 0 Å². The second kappa shape index (κ2) is 7.77. The van der Waals surface area contributed by atoms with E-state index < -0.39 is 0 Å². The van der Waals surface area contributed by atoms with Gasteiger partial charge in [-0.25, -0.2) is 0 Å². The van der Waals surface area contributed by atoms with E-state index in [1.165, 1.54) is 38.5 Å². The van der Waals surface area contributed by atoms with Crippen molar-refractivity contribution in [2.24, 2.45) is 5.41 Å². The third-order valence-corrected chi connectivity index (χ3v) is 5.10. The molecule has 0 heterocycles. The van der Waals surface area contributed by atoms with E-state index in [1.807, 2.05) is 0 Å². The van der Waals surface area contributed by atoms with Crippen molar-refractivity contribution >= 4 is 0 Å². The Bertz CT molecular complexity index is 274. The number of rotatable bonds is 8. The van der Waals surface area contributed by atoms with Gasteiger partial charge in [-0.2, -0.15) is 0 Å². The number of nitrogens with one attached hydrogen (secondary N) is 1. The van der Waals surface area contributed by atoms with E-state index >= 15 is 0 Å². The summed E-state index contributed by atoms with van der Waals surface area (Å²) in [6, 6.07) is 0.679. The van der Waals surface area contributed by atoms with E-state index in [-0.39, 0.29) is 0 Å². The van der Waals surface area contributed by atoms with Crippen LogP contribution < -0.4 is 5.32 Å². The van der Waals surface area contributed by atoms with Crippen molar-refractivity contribution in [1.29, 1.82) is 0 Å². The van der Waals surface area contributed by atoms with Gasteiger partial charge >= 0.3 is 0 Å². The Balaban J connectivity index is 1.73. The summed E-state index contributed by atoms with van der Waals surface area (Å²) in [5, 5.41) is 3.78. The zero-order valence-electron chi connectivity index (χ0n) is 13.6. The minimum absolute atomic E-state index is 0.353. The van der Waals surface area contributed by atoms with E-state index in [9.17, 15) is 0 Å². The van der Waals surface area contributed by atoms with Crippen molar-refractivity contribution in [3.05, 3.63) is 0 Å². The molecule has 2 atom stereocenters. The molecule has 0 saturated heterocycles. The summed E-state index contributed by atoms with van der Waals surface area (Å²) < 4.78 is 11.6. The Morgan fingerprint density at radius 2 is 1.95 bits per heavy atom. The highest BCUT2D eigenvalue weighted by atomic mass is 16.5. The first-order valence-corrected chi connectivity index (χ1v) is 8.65. The van der Waals surface area contributed by atoms with Crippen LogP contribution in [0.2, 0.25) is 0 Å². The van der Waals surface area contributed by atoms with Crippen LogP contribution in [0.15, 0.2) is 0 Å². The summed E-state index contributed by atoms with van der Waals surface area (Å²) in [4.78, 5) is 0. The van der Waals surface area contributed by atoms with E-state index in [4.69, 9.17) is 9.47 Å². The lowest BCUT2D eigenvalue weighted by Gasteiger charge is -2.58. The molecular formula is C17H33NO2. The third-order valence-electron chi connectivity index (χ3n) is 5.10. The van der Waals surface area contributed by atoms with Crippen molar-refractivity contribution in [1.82, 2.24) is 5.32 Å². The van der Waals surface area contributed by atoms with Gasteiger partial charge in [0.25, 0.3) is 0 Å². The van der Waals surface area contributed by atoms with Gasteiger partial charge in [0.2, 0.25) is 0 Å². The van der Waals surface area contributed by atoms with Crippen LogP contribution in [0, 0.1) is 5.41 Å². The molecular weight excluding hydrogens is 250 g/mol. The summed E-state index contributed by atoms with van der Waals surface area (Å²) in [5.41, 5.74) is 0.452. The lowest BCUT2D eigenvalue weighted by Crippen LogP contribution is -2.64. The predicted molar refractivity (Wildman–Crippen MR) is 83.0 cm³/mol. The maximum atomic E-state index is 6.00. The first-order valence-electron chi connectivity index (χ1n) is 8.65. The standard InChI is InChI=1S/C17H33NO2/c1-4-19-16-13-15(17(16)9-6-5-7-10-17)18-11-8-12-20-14(2)3/h14-16,18H,4-13H2,1-3H3. The lowest BCUT2D eigenvalue weighted by molar-refractivity contribution is -0.150. The van der Waals surface area contributed by atoms with Crippen molar-refractivity contribution < 1.29 is 9.47 Å². The highest BCUT2D eigenvalue weighted by Gasteiger charge is 2.55. The average Bonchev–Trinajstić information content (AvgIpc) is 2.45. The van der Waals surface area contributed by atoms with Crippen LogP contribution in [0.1, 0.15) is 65.7 Å². The molecule has 3 heteroatoms. The van der Waals surface area contributed by atoms with Gasteiger partial charge in [0.15, 0.2) is 0 Å². The van der Waals surface area contributed by atoms with Gasteiger partial charge < -0.3 is 14.8 Å². The molecule has 0 bridgehead atoms. The number of hydrogen-bond donors (Lipinski definition) is 1. The highest BCUT2D eigenvalue weighted by Crippen LogP contribution is 2.53. The molecule has 0 aromatic carbocycles. The fourth-order valence-corrected chi connectivity index (χ4v) is 4.02. The smallest absolute Gasteiger partial charge is 0.0661 e. The van der Waals surface area contributed by atoms with Gasteiger partial charge in [-0.15, -0.1) is 0 Å². The fourth-order valence-electron chi connectivity index (χ4n) is 4.02. The Kier molecular flexibility index (Phi) is 6.31. The van der Waals surface area contributed by atoms with Crippen LogP contribution >= 0.6 is 0 Å². The Labute approximate surface area is 124 Å². The predicted octanol–water partition coefficient (Wildman–Crippen LogP) is 3.52. The van der Waals surface area contributed by atoms with Crippen LogP contribution in [-0.4, -0.2) is 38.0 Å². The maximum absolute atomic E-state index is 6.00. The summed E-state index contributed by atoms with van der Waals surface area (Å²) >= 11 is 0. The van der Waals surface area contributed by atoms with Gasteiger partial charge in [-0.05, 0) is 53.0 Å². The number of hydrogen-bond acceptors (Lipinski definition) is 3. The molecule has 0 amide bonds. The molecule has 3 nitrogen and oxygen atoms in total. The quantitative estimate of drug-likeness (QED) is 0.691. The molecule has 2 fully saturated rings. The lowest BCUT2D eigenvalue weighted by atomic mass is 9.55. The Morgan fingerprint density at radius 1 is 1.20 bits per heavy atom. The van der Waals surface area contributed by atoms with Crippen LogP contribution in [0.5, 0.6) is 0 Å². The summed E-state index contributed by atoms with van der Waals surface area (Å²) in [7, 11) is 0. The molecule has 2 saturated carbocycles. The largest absolute Gasteiger partial charge is 0.379 e. The molecule has 1 spiro atoms. The van der Waals surface area contributed by atoms with Gasteiger partial charge in [0.1, 0.15) is 0 Å². The van der Waals surface area contributed by atoms with Crippen LogP contribution in [-0.2, 0) is 9.47 Å². The first kappa shape index (κ1) is 16.3. The molecule has 0 radical (unpaired) electrons. The molecule has 2 unspecified atom stereocenters. The zero-order chi connectivity index (χ0) is 14.4. The maximum Gasteiger partial charge on any atom is 0.0661 e. The van der Waals surface area contributed by atoms with E-state index in [0.29, 0.717) is 23.7 Å². The van der Waals surface area contributed by atoms with Crippen molar-refractivity contribution in [2.75, 3.05) is 19.8 Å². The van der Waals surface area contributed by atoms with Gasteiger partial charge in [-0.3, -0.25) is 0 Å². The van der Waals surface area contributed by atoms with E-state index in [0.717, 1.165) is 26.2 Å². The first-order chi connectivity index (χ1) is 9.69. The fraction of sp³-hybridized carbons (Fsp3) is 1.00. The molecule has 0 aromatic heterocycles.